The number of rotatable bonds is 4. The van der Waals surface area contributed by atoms with E-state index in [0.717, 1.165) is 11.8 Å². The van der Waals surface area contributed by atoms with Crippen LogP contribution < -0.4 is 0 Å². The average molecular weight is 238 g/mol. The highest BCUT2D eigenvalue weighted by Crippen LogP contribution is 2.37. The summed E-state index contributed by atoms with van der Waals surface area (Å²) in [6.07, 6.45) is 13.8. The largest absolute Gasteiger partial charge is 0.0693 e. The van der Waals surface area contributed by atoms with Gasteiger partial charge in [-0.25, -0.2) is 0 Å². The first-order valence-corrected chi connectivity index (χ1v) is 11.1. The minimum absolute atomic E-state index is 0.856. The molecule has 2 saturated carbocycles. The van der Waals surface area contributed by atoms with Crippen molar-refractivity contribution in [1.29, 1.82) is 0 Å². The predicted octanol–water partition coefficient (Wildman–Crippen LogP) is 5.47. The van der Waals surface area contributed by atoms with E-state index in [4.69, 9.17) is 0 Å². The molecule has 0 radical (unpaired) electrons. The van der Waals surface area contributed by atoms with Crippen LogP contribution in [0.1, 0.15) is 57.8 Å². The second-order valence-corrected chi connectivity index (χ2v) is 12.4. The third-order valence-corrected chi connectivity index (χ3v) is 8.25. The fourth-order valence-corrected chi connectivity index (χ4v) is 8.36. The van der Waals surface area contributed by atoms with E-state index in [2.05, 4.69) is 13.1 Å². The first-order chi connectivity index (χ1) is 7.66. The second-order valence-electron chi connectivity index (χ2n) is 7.23. The van der Waals surface area contributed by atoms with Crippen LogP contribution in [0.25, 0.3) is 0 Å². The summed E-state index contributed by atoms with van der Waals surface area (Å²) in [4.78, 5) is 0. The molecular weight excluding hydrogens is 208 g/mol. The molecule has 94 valence electrons. The Bertz CT molecular complexity index is 197. The van der Waals surface area contributed by atoms with Gasteiger partial charge in [0.25, 0.3) is 0 Å². The lowest BCUT2D eigenvalue weighted by Crippen LogP contribution is -2.31. The van der Waals surface area contributed by atoms with Gasteiger partial charge < -0.3 is 0 Å². The Labute approximate surface area is 103 Å². The van der Waals surface area contributed by atoms with Crippen LogP contribution in [0.15, 0.2) is 0 Å². The molecule has 0 aromatic rings. The summed E-state index contributed by atoms with van der Waals surface area (Å²) in [6.45, 7) is 5.33. The summed E-state index contributed by atoms with van der Waals surface area (Å²) >= 11 is 0. The fraction of sp³-hybridized carbons (Fsp3) is 1.00. The molecule has 2 rings (SSSR count). The van der Waals surface area contributed by atoms with Crippen molar-refractivity contribution in [2.24, 2.45) is 11.8 Å². The van der Waals surface area contributed by atoms with Crippen LogP contribution in [0.5, 0.6) is 0 Å². The lowest BCUT2D eigenvalue weighted by Gasteiger charge is -2.32. The van der Waals surface area contributed by atoms with Crippen molar-refractivity contribution in [3.05, 3.63) is 0 Å². The molecule has 0 nitrogen and oxygen atoms in total. The van der Waals surface area contributed by atoms with E-state index in [1.54, 1.807) is 37.8 Å². The smallest absolute Gasteiger partial charge is 0.0479 e. The molecular formula is C15H30Si. The van der Waals surface area contributed by atoms with E-state index in [0.29, 0.717) is 0 Å². The minimum Gasteiger partial charge on any atom is -0.0693 e. The number of hydrogen-bond acceptors (Lipinski definition) is 0. The molecule has 1 heteroatoms. The summed E-state index contributed by atoms with van der Waals surface area (Å²) < 4.78 is 0. The molecule has 0 bridgehead atoms. The van der Waals surface area contributed by atoms with Gasteiger partial charge in [0, 0.05) is 8.07 Å². The molecule has 0 heterocycles. The van der Waals surface area contributed by atoms with Crippen LogP contribution in [-0.2, 0) is 0 Å². The van der Waals surface area contributed by atoms with Gasteiger partial charge >= 0.3 is 0 Å². The normalized spacial score (nSPS) is 25.1. The Morgan fingerprint density at radius 3 is 1.50 bits per heavy atom. The van der Waals surface area contributed by atoms with Crippen LogP contribution in [0, 0.1) is 11.8 Å². The van der Waals surface area contributed by atoms with Crippen molar-refractivity contribution in [1.82, 2.24) is 0 Å². The van der Waals surface area contributed by atoms with E-state index in [-0.39, 0.29) is 0 Å². The third kappa shape index (κ3) is 3.91. The van der Waals surface area contributed by atoms with E-state index in [9.17, 15) is 0 Å². The molecule has 0 aromatic heterocycles. The lowest BCUT2D eigenvalue weighted by atomic mass is 9.91. The Morgan fingerprint density at radius 2 is 1.06 bits per heavy atom. The molecule has 0 atom stereocenters. The summed E-state index contributed by atoms with van der Waals surface area (Å²) in [5.74, 6) is 2.25. The molecule has 0 aliphatic heterocycles. The van der Waals surface area contributed by atoms with Crippen molar-refractivity contribution in [2.45, 2.75) is 83.0 Å². The zero-order valence-corrected chi connectivity index (χ0v) is 12.4. The summed E-state index contributed by atoms with van der Waals surface area (Å²) in [5, 5.41) is 0. The molecule has 0 aromatic carbocycles. The van der Waals surface area contributed by atoms with Crippen molar-refractivity contribution < 1.29 is 0 Å². The van der Waals surface area contributed by atoms with Crippen LogP contribution in [0.2, 0.25) is 25.2 Å². The maximum absolute atomic E-state index is 2.67. The molecule has 0 unspecified atom stereocenters. The summed E-state index contributed by atoms with van der Waals surface area (Å²) in [7, 11) is -0.856. The Kier molecular flexibility index (Phi) is 4.52. The maximum Gasteiger partial charge on any atom is 0.0479 e. The van der Waals surface area contributed by atoms with Crippen LogP contribution in [-0.4, -0.2) is 8.07 Å². The summed E-state index contributed by atoms with van der Waals surface area (Å²) in [5.41, 5.74) is 0. The van der Waals surface area contributed by atoms with Crippen LogP contribution >= 0.6 is 0 Å². The number of hydrogen-bond donors (Lipinski definition) is 0. The van der Waals surface area contributed by atoms with Gasteiger partial charge in [-0.3, -0.25) is 0 Å². The topological polar surface area (TPSA) is 0 Å². The summed E-state index contributed by atoms with van der Waals surface area (Å²) in [6, 6.07) is 3.28. The highest BCUT2D eigenvalue weighted by Gasteiger charge is 2.30. The van der Waals surface area contributed by atoms with Crippen molar-refractivity contribution in [2.75, 3.05) is 0 Å². The second kappa shape index (κ2) is 5.71. The quantitative estimate of drug-likeness (QED) is 0.570. The van der Waals surface area contributed by atoms with E-state index in [1.807, 2.05) is 0 Å². The van der Waals surface area contributed by atoms with Crippen LogP contribution in [0.3, 0.4) is 0 Å². The Morgan fingerprint density at radius 1 is 0.688 bits per heavy atom. The standard InChI is InChI=1S/C15H30Si/c1-16(2,13-15-10-6-7-11-15)12-14-8-4-3-5-9-14/h14-15H,3-13H2,1-2H3. The highest BCUT2D eigenvalue weighted by molar-refractivity contribution is 6.77. The van der Waals surface area contributed by atoms with Gasteiger partial charge in [-0.2, -0.15) is 0 Å². The Balaban J connectivity index is 1.76. The van der Waals surface area contributed by atoms with Crippen LogP contribution in [0.4, 0.5) is 0 Å². The van der Waals surface area contributed by atoms with Crippen molar-refractivity contribution in [3.8, 4) is 0 Å². The average Bonchev–Trinajstić information content (AvgIpc) is 2.70. The zero-order valence-electron chi connectivity index (χ0n) is 11.4. The SMILES string of the molecule is C[Si](C)(CC1CCCCC1)CC1CCCC1. The van der Waals surface area contributed by atoms with Gasteiger partial charge in [-0.05, 0) is 11.8 Å². The molecule has 0 saturated heterocycles. The van der Waals surface area contributed by atoms with E-state index < -0.39 is 8.07 Å². The van der Waals surface area contributed by atoms with Crippen molar-refractivity contribution in [3.63, 3.8) is 0 Å². The van der Waals surface area contributed by atoms with Gasteiger partial charge in [-0.1, -0.05) is 83.0 Å². The molecule has 2 fully saturated rings. The minimum atomic E-state index is -0.856. The van der Waals surface area contributed by atoms with Gasteiger partial charge in [-0.15, -0.1) is 0 Å². The van der Waals surface area contributed by atoms with Gasteiger partial charge in [0.2, 0.25) is 0 Å². The zero-order chi connectivity index (χ0) is 11.4. The van der Waals surface area contributed by atoms with Gasteiger partial charge in [0.05, 0.1) is 0 Å². The molecule has 16 heavy (non-hydrogen) atoms. The van der Waals surface area contributed by atoms with E-state index in [1.165, 1.54) is 32.1 Å². The molecule has 2 aliphatic rings. The van der Waals surface area contributed by atoms with Crippen molar-refractivity contribution >= 4 is 8.07 Å². The third-order valence-electron chi connectivity index (χ3n) is 4.88. The highest BCUT2D eigenvalue weighted by atomic mass is 28.3. The Hall–Kier alpha value is 0.217. The fourth-order valence-electron chi connectivity index (χ4n) is 4.25. The molecule has 2 aliphatic carbocycles. The van der Waals surface area contributed by atoms with Gasteiger partial charge in [0.15, 0.2) is 0 Å². The monoisotopic (exact) mass is 238 g/mol. The molecule has 0 spiro atoms. The first-order valence-electron chi connectivity index (χ1n) is 7.66. The first kappa shape index (κ1) is 12.7. The molecule has 0 N–H and O–H groups in total. The van der Waals surface area contributed by atoms with Gasteiger partial charge in [0.1, 0.15) is 0 Å². The van der Waals surface area contributed by atoms with E-state index >= 15 is 0 Å². The molecule has 0 amide bonds. The predicted molar refractivity (Wildman–Crippen MR) is 75.6 cm³/mol. The maximum atomic E-state index is 2.67. The lowest BCUT2D eigenvalue weighted by molar-refractivity contribution is 0.380.